The summed E-state index contributed by atoms with van der Waals surface area (Å²) in [7, 11) is 1.57. The number of carbonyl (C=O) groups is 1. The van der Waals surface area contributed by atoms with E-state index in [2.05, 4.69) is 15.2 Å². The number of hydrogen-bond donors (Lipinski definition) is 0. The number of hydrogen-bond acceptors (Lipinski definition) is 5. The van der Waals surface area contributed by atoms with E-state index in [1.54, 1.807) is 30.8 Å². The van der Waals surface area contributed by atoms with Crippen molar-refractivity contribution >= 4 is 22.9 Å². The summed E-state index contributed by atoms with van der Waals surface area (Å²) in [6.07, 6.45) is -2.97. The number of nitrogens with zero attached hydrogens (tertiary/aromatic N) is 6. The van der Waals surface area contributed by atoms with Crippen LogP contribution < -0.4 is 0 Å². The molecule has 0 spiro atoms. The fourth-order valence-electron chi connectivity index (χ4n) is 3.31. The van der Waals surface area contributed by atoms with Gasteiger partial charge in [-0.2, -0.15) is 23.4 Å². The number of thiophene rings is 1. The van der Waals surface area contributed by atoms with E-state index in [1.165, 1.54) is 22.3 Å². The Bertz CT molecular complexity index is 1240. The van der Waals surface area contributed by atoms with E-state index in [-0.39, 0.29) is 23.6 Å². The van der Waals surface area contributed by atoms with Gasteiger partial charge in [0.15, 0.2) is 17.0 Å². The minimum absolute atomic E-state index is 0.0371. The van der Waals surface area contributed by atoms with Gasteiger partial charge in [-0.1, -0.05) is 6.07 Å². The van der Waals surface area contributed by atoms with E-state index in [4.69, 9.17) is 0 Å². The van der Waals surface area contributed by atoms with Crippen LogP contribution in [0.25, 0.3) is 16.2 Å². The highest BCUT2D eigenvalue weighted by Gasteiger charge is 2.36. The van der Waals surface area contributed by atoms with Crippen LogP contribution in [0.5, 0.6) is 0 Å². The SMILES string of the molecule is CCn1ncc(CN(C)C(=O)c2cc3nc(-c4cccs4)cc(C(F)(F)F)n3n2)c1C. The maximum Gasteiger partial charge on any atom is 0.433 e. The third-order valence-electron chi connectivity index (χ3n) is 4.97. The lowest BCUT2D eigenvalue weighted by Crippen LogP contribution is -2.27. The minimum atomic E-state index is -4.66. The zero-order chi connectivity index (χ0) is 22.3. The zero-order valence-corrected chi connectivity index (χ0v) is 17.8. The van der Waals surface area contributed by atoms with Crippen LogP contribution in [-0.2, 0) is 19.3 Å². The van der Waals surface area contributed by atoms with Crippen LogP contribution in [0.1, 0.15) is 34.4 Å². The molecule has 0 saturated carbocycles. The molecule has 0 saturated heterocycles. The van der Waals surface area contributed by atoms with Crippen molar-refractivity contribution in [2.45, 2.75) is 33.1 Å². The Morgan fingerprint density at radius 3 is 2.68 bits per heavy atom. The maximum atomic E-state index is 13.7. The van der Waals surface area contributed by atoms with E-state index < -0.39 is 17.8 Å². The van der Waals surface area contributed by atoms with Gasteiger partial charge >= 0.3 is 6.18 Å². The third-order valence-corrected chi connectivity index (χ3v) is 5.86. The first-order valence-corrected chi connectivity index (χ1v) is 10.4. The van der Waals surface area contributed by atoms with Crippen LogP contribution in [0, 0.1) is 6.92 Å². The van der Waals surface area contributed by atoms with Gasteiger partial charge in [0.25, 0.3) is 5.91 Å². The molecule has 0 aliphatic rings. The first kappa shape index (κ1) is 21.0. The van der Waals surface area contributed by atoms with Crippen LogP contribution in [-0.4, -0.2) is 42.2 Å². The van der Waals surface area contributed by atoms with Crippen LogP contribution in [0.3, 0.4) is 0 Å². The van der Waals surface area contributed by atoms with Gasteiger partial charge in [-0.05, 0) is 31.4 Å². The fourth-order valence-corrected chi connectivity index (χ4v) is 4.00. The maximum absolute atomic E-state index is 13.7. The molecular weight excluding hydrogens is 429 g/mol. The van der Waals surface area contributed by atoms with Gasteiger partial charge in [-0.25, -0.2) is 9.50 Å². The Morgan fingerprint density at radius 2 is 2.06 bits per heavy atom. The Morgan fingerprint density at radius 1 is 1.29 bits per heavy atom. The predicted molar refractivity (Wildman–Crippen MR) is 110 cm³/mol. The Hall–Kier alpha value is -3.21. The zero-order valence-electron chi connectivity index (χ0n) is 17.0. The van der Waals surface area contributed by atoms with Crippen molar-refractivity contribution in [1.82, 2.24) is 29.3 Å². The first-order valence-electron chi connectivity index (χ1n) is 9.47. The summed E-state index contributed by atoms with van der Waals surface area (Å²) in [5, 5.41) is 9.95. The fraction of sp³-hybridized carbons (Fsp3) is 0.300. The molecule has 0 aromatic carbocycles. The van der Waals surface area contributed by atoms with Crippen molar-refractivity contribution in [3.8, 4) is 10.6 Å². The Labute approximate surface area is 179 Å². The number of amides is 1. The average molecular weight is 448 g/mol. The number of halogens is 3. The van der Waals surface area contributed by atoms with Gasteiger partial charge < -0.3 is 4.90 Å². The molecule has 4 aromatic heterocycles. The van der Waals surface area contributed by atoms with Crippen molar-refractivity contribution in [2.75, 3.05) is 7.05 Å². The van der Waals surface area contributed by atoms with E-state index in [9.17, 15) is 18.0 Å². The molecule has 0 aliphatic heterocycles. The number of alkyl halides is 3. The Kier molecular flexibility index (Phi) is 5.29. The second-order valence-electron chi connectivity index (χ2n) is 7.03. The second kappa shape index (κ2) is 7.80. The summed E-state index contributed by atoms with van der Waals surface area (Å²) in [5.41, 5.74) is 0.844. The molecular formula is C20H19F3N6OS. The molecule has 7 nitrogen and oxygen atoms in total. The highest BCUT2D eigenvalue weighted by Crippen LogP contribution is 2.33. The third kappa shape index (κ3) is 3.92. The monoisotopic (exact) mass is 448 g/mol. The number of rotatable bonds is 5. The molecule has 11 heteroatoms. The predicted octanol–water partition coefficient (Wildman–Crippen LogP) is 4.27. The number of aromatic nitrogens is 5. The van der Waals surface area contributed by atoms with Gasteiger partial charge in [0.2, 0.25) is 0 Å². The lowest BCUT2D eigenvalue weighted by Gasteiger charge is -2.15. The molecule has 0 radical (unpaired) electrons. The quantitative estimate of drug-likeness (QED) is 0.457. The van der Waals surface area contributed by atoms with Crippen molar-refractivity contribution in [2.24, 2.45) is 0 Å². The average Bonchev–Trinajstić information content (AvgIpc) is 3.46. The number of fused-ring (bicyclic) bond motifs is 1. The second-order valence-corrected chi connectivity index (χ2v) is 7.98. The number of aryl methyl sites for hydroxylation is 1. The molecule has 4 aromatic rings. The topological polar surface area (TPSA) is 68.3 Å². The smallest absolute Gasteiger partial charge is 0.336 e. The van der Waals surface area contributed by atoms with Crippen LogP contribution in [0.2, 0.25) is 0 Å². The van der Waals surface area contributed by atoms with Crippen LogP contribution in [0.15, 0.2) is 35.8 Å². The summed E-state index contributed by atoms with van der Waals surface area (Å²) in [6, 6.07) is 5.67. The molecule has 4 heterocycles. The molecule has 31 heavy (non-hydrogen) atoms. The molecule has 0 fully saturated rings. The molecule has 0 atom stereocenters. The molecule has 0 N–H and O–H groups in total. The van der Waals surface area contributed by atoms with E-state index in [0.717, 1.165) is 17.3 Å². The van der Waals surface area contributed by atoms with E-state index in [1.807, 2.05) is 18.5 Å². The number of carbonyl (C=O) groups excluding carboxylic acids is 1. The minimum Gasteiger partial charge on any atom is -0.336 e. The highest BCUT2D eigenvalue weighted by atomic mass is 32.1. The van der Waals surface area contributed by atoms with Gasteiger partial charge in [0.05, 0.1) is 16.8 Å². The van der Waals surface area contributed by atoms with Crippen molar-refractivity contribution in [3.63, 3.8) is 0 Å². The van der Waals surface area contributed by atoms with Crippen LogP contribution >= 0.6 is 11.3 Å². The largest absolute Gasteiger partial charge is 0.433 e. The standard InChI is InChI=1S/C20H19F3N6OS/c1-4-28-12(2)13(10-24-28)11-27(3)19(30)15-9-18-25-14(16-6-5-7-31-16)8-17(20(21,22)23)29(18)26-15/h5-10H,4,11H2,1-3H3. The Balaban J connectivity index is 1.70. The lowest BCUT2D eigenvalue weighted by molar-refractivity contribution is -0.142. The van der Waals surface area contributed by atoms with Crippen LogP contribution in [0.4, 0.5) is 13.2 Å². The molecule has 1 amide bonds. The molecule has 4 rings (SSSR count). The normalized spacial score (nSPS) is 11.9. The summed E-state index contributed by atoms with van der Waals surface area (Å²) in [5.74, 6) is -0.500. The van der Waals surface area contributed by atoms with Gasteiger partial charge in [-0.3, -0.25) is 9.48 Å². The lowest BCUT2D eigenvalue weighted by atomic mass is 10.2. The van der Waals surface area contributed by atoms with E-state index >= 15 is 0 Å². The summed E-state index contributed by atoms with van der Waals surface area (Å²) < 4.78 is 43.5. The van der Waals surface area contributed by atoms with Crippen molar-refractivity contribution in [3.05, 3.63) is 58.5 Å². The summed E-state index contributed by atoms with van der Waals surface area (Å²) >= 11 is 1.29. The highest BCUT2D eigenvalue weighted by molar-refractivity contribution is 7.13. The summed E-state index contributed by atoms with van der Waals surface area (Å²) in [6.45, 7) is 4.83. The molecule has 0 aliphatic carbocycles. The van der Waals surface area contributed by atoms with Gasteiger partial charge in [-0.15, -0.1) is 11.3 Å². The molecule has 162 valence electrons. The van der Waals surface area contributed by atoms with E-state index in [0.29, 0.717) is 15.9 Å². The van der Waals surface area contributed by atoms with Gasteiger partial charge in [0.1, 0.15) is 0 Å². The summed E-state index contributed by atoms with van der Waals surface area (Å²) in [4.78, 5) is 19.2. The first-order chi connectivity index (χ1) is 14.7. The molecule has 0 bridgehead atoms. The molecule has 0 unspecified atom stereocenters. The van der Waals surface area contributed by atoms with Crippen molar-refractivity contribution in [1.29, 1.82) is 0 Å². The van der Waals surface area contributed by atoms with Gasteiger partial charge in [0, 0.05) is 37.5 Å². The van der Waals surface area contributed by atoms with Crippen molar-refractivity contribution < 1.29 is 18.0 Å².